The largest absolute Gasteiger partial charge is 0.353 e. The van der Waals surface area contributed by atoms with Gasteiger partial charge in [-0.3, -0.25) is 0 Å². The number of hydrogen-bond acceptors (Lipinski definition) is 2. The number of benzene rings is 1. The summed E-state index contributed by atoms with van der Waals surface area (Å²) < 4.78 is 2.17. The van der Waals surface area contributed by atoms with Crippen molar-refractivity contribution in [3.05, 3.63) is 47.2 Å². The Morgan fingerprint density at radius 1 is 1.30 bits per heavy atom. The maximum absolute atomic E-state index is 6.30. The van der Waals surface area contributed by atoms with Gasteiger partial charge in [0.1, 0.15) is 0 Å². The third-order valence-corrected chi connectivity index (χ3v) is 4.47. The molecule has 0 saturated heterocycles. The number of halogens is 1. The lowest BCUT2D eigenvalue weighted by Gasteiger charge is -2.20. The molecule has 0 radical (unpaired) electrons. The van der Waals surface area contributed by atoms with Crippen LogP contribution in [0, 0.1) is 0 Å². The molecule has 2 aromatic rings. The minimum Gasteiger partial charge on any atom is -0.353 e. The standard InChI is InChI=1S/C16H20ClN3/c1-12(14-8-4-5-9-15(14)17)20-11-10-18-16(20)19-13-6-2-3-7-13/h4-5,8-13H,2-3,6-7H2,1H3,(H,18,19). The molecule has 0 spiro atoms. The van der Waals surface area contributed by atoms with Crippen molar-refractivity contribution in [1.29, 1.82) is 0 Å². The number of hydrogen-bond donors (Lipinski definition) is 1. The second kappa shape index (κ2) is 5.88. The monoisotopic (exact) mass is 289 g/mol. The fourth-order valence-corrected chi connectivity index (χ4v) is 3.25. The summed E-state index contributed by atoms with van der Waals surface area (Å²) in [6, 6.07) is 8.74. The van der Waals surface area contributed by atoms with Crippen LogP contribution >= 0.6 is 11.6 Å². The van der Waals surface area contributed by atoms with Gasteiger partial charge in [-0.05, 0) is 31.4 Å². The van der Waals surface area contributed by atoms with E-state index in [9.17, 15) is 0 Å². The molecule has 1 unspecified atom stereocenters. The topological polar surface area (TPSA) is 29.9 Å². The maximum atomic E-state index is 6.30. The second-order valence-corrected chi connectivity index (χ2v) is 5.89. The lowest BCUT2D eigenvalue weighted by atomic mass is 10.1. The predicted octanol–water partition coefficient (Wildman–Crippen LogP) is 4.50. The van der Waals surface area contributed by atoms with Crippen LogP contribution in [0.15, 0.2) is 36.7 Å². The fourth-order valence-electron chi connectivity index (χ4n) is 2.95. The summed E-state index contributed by atoms with van der Waals surface area (Å²) in [6.45, 7) is 2.16. The van der Waals surface area contributed by atoms with Gasteiger partial charge in [-0.25, -0.2) is 4.98 Å². The van der Waals surface area contributed by atoms with E-state index in [1.165, 1.54) is 25.7 Å². The van der Waals surface area contributed by atoms with Crippen LogP contribution in [0.3, 0.4) is 0 Å². The van der Waals surface area contributed by atoms with E-state index < -0.39 is 0 Å². The van der Waals surface area contributed by atoms with Crippen molar-refractivity contribution >= 4 is 17.5 Å². The van der Waals surface area contributed by atoms with Gasteiger partial charge in [0.15, 0.2) is 0 Å². The lowest BCUT2D eigenvalue weighted by molar-refractivity contribution is 0.630. The molecule has 20 heavy (non-hydrogen) atoms. The molecular formula is C16H20ClN3. The number of nitrogens with zero attached hydrogens (tertiary/aromatic N) is 2. The number of imidazole rings is 1. The third-order valence-electron chi connectivity index (χ3n) is 4.13. The van der Waals surface area contributed by atoms with Crippen molar-refractivity contribution < 1.29 is 0 Å². The number of rotatable bonds is 4. The first-order valence-electron chi connectivity index (χ1n) is 7.29. The molecular weight excluding hydrogens is 270 g/mol. The van der Waals surface area contributed by atoms with E-state index in [4.69, 9.17) is 11.6 Å². The summed E-state index contributed by atoms with van der Waals surface area (Å²) in [6.07, 6.45) is 8.99. The van der Waals surface area contributed by atoms with Crippen LogP contribution < -0.4 is 5.32 Å². The van der Waals surface area contributed by atoms with Crippen molar-refractivity contribution in [1.82, 2.24) is 9.55 Å². The van der Waals surface area contributed by atoms with Crippen LogP contribution in [0.2, 0.25) is 5.02 Å². The Morgan fingerprint density at radius 3 is 2.80 bits per heavy atom. The van der Waals surface area contributed by atoms with Gasteiger partial charge in [-0.2, -0.15) is 0 Å². The van der Waals surface area contributed by atoms with Gasteiger partial charge in [-0.15, -0.1) is 0 Å². The van der Waals surface area contributed by atoms with E-state index in [-0.39, 0.29) is 6.04 Å². The molecule has 1 fully saturated rings. The number of nitrogens with one attached hydrogen (secondary N) is 1. The van der Waals surface area contributed by atoms with Crippen LogP contribution in [0.25, 0.3) is 0 Å². The smallest absolute Gasteiger partial charge is 0.203 e. The minimum absolute atomic E-state index is 0.176. The first-order chi connectivity index (χ1) is 9.75. The van der Waals surface area contributed by atoms with E-state index in [0.29, 0.717) is 6.04 Å². The van der Waals surface area contributed by atoms with Gasteiger partial charge >= 0.3 is 0 Å². The zero-order valence-electron chi connectivity index (χ0n) is 11.7. The van der Waals surface area contributed by atoms with E-state index >= 15 is 0 Å². The van der Waals surface area contributed by atoms with Gasteiger partial charge in [0.05, 0.1) is 6.04 Å². The third kappa shape index (κ3) is 2.68. The maximum Gasteiger partial charge on any atom is 0.203 e. The Balaban J connectivity index is 1.83. The molecule has 1 N–H and O–H groups in total. The molecule has 3 rings (SSSR count). The fraction of sp³-hybridized carbons (Fsp3) is 0.438. The Labute approximate surface area is 125 Å². The number of aromatic nitrogens is 2. The van der Waals surface area contributed by atoms with Crippen LogP contribution in [0.4, 0.5) is 5.95 Å². The van der Waals surface area contributed by atoms with Crippen LogP contribution in [0.5, 0.6) is 0 Å². The van der Waals surface area contributed by atoms with Crippen molar-refractivity contribution in [2.45, 2.75) is 44.7 Å². The summed E-state index contributed by atoms with van der Waals surface area (Å²) in [5, 5.41) is 4.37. The van der Waals surface area contributed by atoms with E-state index in [1.807, 2.05) is 30.6 Å². The molecule has 1 aromatic heterocycles. The number of anilines is 1. The molecule has 0 aliphatic heterocycles. The van der Waals surface area contributed by atoms with Crippen LogP contribution in [0.1, 0.15) is 44.2 Å². The average Bonchev–Trinajstić information content (AvgIpc) is 3.11. The predicted molar refractivity (Wildman–Crippen MR) is 83.4 cm³/mol. The highest BCUT2D eigenvalue weighted by Gasteiger charge is 2.19. The van der Waals surface area contributed by atoms with Gasteiger partial charge in [0, 0.05) is 23.5 Å². The molecule has 0 bridgehead atoms. The first kappa shape index (κ1) is 13.5. The first-order valence-corrected chi connectivity index (χ1v) is 7.67. The lowest BCUT2D eigenvalue weighted by Crippen LogP contribution is -2.19. The van der Waals surface area contributed by atoms with E-state index in [0.717, 1.165) is 16.5 Å². The molecule has 1 atom stereocenters. The molecule has 1 aromatic carbocycles. The van der Waals surface area contributed by atoms with Gasteiger partial charge in [-0.1, -0.05) is 42.6 Å². The molecule has 0 amide bonds. The SMILES string of the molecule is CC(c1ccccc1Cl)n1ccnc1NC1CCCC1. The highest BCUT2D eigenvalue weighted by molar-refractivity contribution is 6.31. The van der Waals surface area contributed by atoms with Crippen molar-refractivity contribution in [3.8, 4) is 0 Å². The summed E-state index contributed by atoms with van der Waals surface area (Å²) in [5.74, 6) is 0.948. The van der Waals surface area contributed by atoms with Crippen molar-refractivity contribution in [2.75, 3.05) is 5.32 Å². The Morgan fingerprint density at radius 2 is 2.05 bits per heavy atom. The molecule has 1 saturated carbocycles. The summed E-state index contributed by atoms with van der Waals surface area (Å²) >= 11 is 6.30. The summed E-state index contributed by atoms with van der Waals surface area (Å²) in [4.78, 5) is 4.46. The Hall–Kier alpha value is -1.48. The van der Waals surface area contributed by atoms with E-state index in [1.54, 1.807) is 0 Å². The zero-order chi connectivity index (χ0) is 13.9. The van der Waals surface area contributed by atoms with Crippen LogP contribution in [-0.4, -0.2) is 15.6 Å². The minimum atomic E-state index is 0.176. The summed E-state index contributed by atoms with van der Waals surface area (Å²) in [5.41, 5.74) is 1.13. The van der Waals surface area contributed by atoms with Crippen molar-refractivity contribution in [2.24, 2.45) is 0 Å². The van der Waals surface area contributed by atoms with Gasteiger partial charge < -0.3 is 9.88 Å². The average molecular weight is 290 g/mol. The molecule has 3 nitrogen and oxygen atoms in total. The van der Waals surface area contributed by atoms with Crippen molar-refractivity contribution in [3.63, 3.8) is 0 Å². The van der Waals surface area contributed by atoms with Gasteiger partial charge in [0.2, 0.25) is 5.95 Å². The molecule has 1 heterocycles. The Bertz CT molecular complexity index is 573. The highest BCUT2D eigenvalue weighted by Crippen LogP contribution is 2.29. The molecule has 1 aliphatic rings. The molecule has 4 heteroatoms. The van der Waals surface area contributed by atoms with Gasteiger partial charge in [0.25, 0.3) is 0 Å². The zero-order valence-corrected chi connectivity index (χ0v) is 12.5. The van der Waals surface area contributed by atoms with Crippen LogP contribution in [-0.2, 0) is 0 Å². The highest BCUT2D eigenvalue weighted by atomic mass is 35.5. The second-order valence-electron chi connectivity index (χ2n) is 5.48. The normalized spacial score (nSPS) is 17.3. The molecule has 1 aliphatic carbocycles. The Kier molecular flexibility index (Phi) is 3.97. The quantitative estimate of drug-likeness (QED) is 0.898. The van der Waals surface area contributed by atoms with E-state index in [2.05, 4.69) is 27.9 Å². The summed E-state index contributed by atoms with van der Waals surface area (Å²) in [7, 11) is 0. The molecule has 106 valence electrons.